The Morgan fingerprint density at radius 2 is 1.56 bits per heavy atom. The number of aliphatic hydroxyl groups is 1. The molecule has 6 nitrogen and oxygen atoms in total. The zero-order valence-corrected chi connectivity index (χ0v) is 19.5. The smallest absolute Gasteiger partial charge is 0.411 e. The Balaban J connectivity index is 1.26. The summed E-state index contributed by atoms with van der Waals surface area (Å²) in [4.78, 5) is 26.9. The van der Waals surface area contributed by atoms with Crippen LogP contribution in [0.4, 0.5) is 10.5 Å². The van der Waals surface area contributed by atoms with Gasteiger partial charge in [0, 0.05) is 12.1 Å². The number of ether oxygens (including phenoxy) is 1. The van der Waals surface area contributed by atoms with Gasteiger partial charge in [0.05, 0.1) is 12.6 Å². The normalized spacial score (nSPS) is 35.8. The summed E-state index contributed by atoms with van der Waals surface area (Å²) in [6.45, 7) is 5.48. The van der Waals surface area contributed by atoms with Crippen molar-refractivity contribution in [2.45, 2.75) is 88.9 Å². The van der Waals surface area contributed by atoms with Crippen LogP contribution in [0.25, 0.3) is 0 Å². The number of rotatable bonds is 3. The van der Waals surface area contributed by atoms with Gasteiger partial charge < -0.3 is 15.2 Å². The second-order valence-corrected chi connectivity index (χ2v) is 11.8. The predicted molar refractivity (Wildman–Crippen MR) is 122 cm³/mol. The lowest BCUT2D eigenvalue weighted by Crippen LogP contribution is -2.48. The average Bonchev–Trinajstić information content (AvgIpc) is 3.08. The van der Waals surface area contributed by atoms with E-state index >= 15 is 0 Å². The standard InChI is InChI=1S/C26H36N2O4/c1-25(2,3)32-24(31)28-15-21(29)11-22(28)23(30)27-20-6-4-19(5-7-20)26-12-16-8-17(13-26)10-18(9-16)14-26/h4-7,16-18,21-22,29H,8-15H2,1-3H3,(H,27,30)/t16?,17?,18?,21-,22+,26?/m1/s1. The van der Waals surface area contributed by atoms with E-state index in [0.717, 1.165) is 23.4 Å². The maximum atomic E-state index is 13.0. The number of carbonyl (C=O) groups excluding carboxylic acids is 2. The maximum absolute atomic E-state index is 13.0. The summed E-state index contributed by atoms with van der Waals surface area (Å²) in [5.74, 6) is 2.41. The Morgan fingerprint density at radius 1 is 1.00 bits per heavy atom. The van der Waals surface area contributed by atoms with E-state index in [1.54, 1.807) is 20.8 Å². The monoisotopic (exact) mass is 440 g/mol. The molecule has 5 aliphatic rings. The highest BCUT2D eigenvalue weighted by atomic mass is 16.6. The van der Waals surface area contributed by atoms with Crippen LogP contribution < -0.4 is 5.32 Å². The fourth-order valence-electron chi connectivity index (χ4n) is 7.18. The average molecular weight is 441 g/mol. The van der Waals surface area contributed by atoms with Crippen molar-refractivity contribution in [1.82, 2.24) is 4.90 Å². The lowest BCUT2D eigenvalue weighted by molar-refractivity contribution is -0.120. The molecule has 6 rings (SSSR count). The van der Waals surface area contributed by atoms with Crippen LogP contribution in [0, 0.1) is 17.8 Å². The highest BCUT2D eigenvalue weighted by Crippen LogP contribution is 2.60. The topological polar surface area (TPSA) is 78.9 Å². The first-order valence-corrected chi connectivity index (χ1v) is 12.2. The maximum Gasteiger partial charge on any atom is 0.411 e. The van der Waals surface area contributed by atoms with Crippen molar-refractivity contribution in [2.75, 3.05) is 11.9 Å². The zero-order chi connectivity index (χ0) is 22.7. The summed E-state index contributed by atoms with van der Waals surface area (Å²) in [5.41, 5.74) is 1.83. The van der Waals surface area contributed by atoms with Crippen LogP contribution in [0.5, 0.6) is 0 Å². The van der Waals surface area contributed by atoms with Gasteiger partial charge in [-0.2, -0.15) is 0 Å². The van der Waals surface area contributed by atoms with Crippen molar-refractivity contribution in [2.24, 2.45) is 17.8 Å². The molecule has 1 aromatic carbocycles. The first-order valence-electron chi connectivity index (χ1n) is 12.2. The Morgan fingerprint density at radius 3 is 2.09 bits per heavy atom. The van der Waals surface area contributed by atoms with Crippen LogP contribution in [0.15, 0.2) is 24.3 Å². The van der Waals surface area contributed by atoms with Gasteiger partial charge >= 0.3 is 6.09 Å². The zero-order valence-electron chi connectivity index (χ0n) is 19.5. The Hall–Kier alpha value is -2.08. The van der Waals surface area contributed by atoms with E-state index in [0.29, 0.717) is 5.41 Å². The molecule has 1 aliphatic heterocycles. The quantitative estimate of drug-likeness (QED) is 0.727. The number of likely N-dealkylation sites (tertiary alicyclic amines) is 1. The summed E-state index contributed by atoms with van der Waals surface area (Å²) in [7, 11) is 0. The number of nitrogens with one attached hydrogen (secondary N) is 1. The summed E-state index contributed by atoms with van der Waals surface area (Å²) in [6, 6.07) is 7.64. The lowest BCUT2D eigenvalue weighted by Gasteiger charge is -2.57. The molecule has 1 aromatic rings. The molecule has 5 fully saturated rings. The van der Waals surface area contributed by atoms with Crippen LogP contribution in [0.2, 0.25) is 0 Å². The largest absolute Gasteiger partial charge is 0.444 e. The third kappa shape index (κ3) is 4.14. The minimum Gasteiger partial charge on any atom is -0.444 e. The molecule has 4 saturated carbocycles. The molecule has 0 aromatic heterocycles. The van der Waals surface area contributed by atoms with E-state index in [2.05, 4.69) is 17.4 Å². The fraction of sp³-hybridized carbons (Fsp3) is 0.692. The van der Waals surface area contributed by atoms with Crippen molar-refractivity contribution in [3.05, 3.63) is 29.8 Å². The van der Waals surface area contributed by atoms with Crippen LogP contribution in [0.3, 0.4) is 0 Å². The molecule has 2 atom stereocenters. The predicted octanol–water partition coefficient (Wildman–Crippen LogP) is 4.46. The van der Waals surface area contributed by atoms with Gasteiger partial charge in [0.1, 0.15) is 11.6 Å². The van der Waals surface area contributed by atoms with Crippen LogP contribution in [0.1, 0.15) is 71.3 Å². The number of amides is 2. The lowest BCUT2D eigenvalue weighted by atomic mass is 9.48. The van der Waals surface area contributed by atoms with Gasteiger partial charge in [-0.1, -0.05) is 12.1 Å². The van der Waals surface area contributed by atoms with E-state index in [1.807, 2.05) is 12.1 Å². The molecule has 2 amide bonds. The number of benzene rings is 1. The molecule has 0 radical (unpaired) electrons. The van der Waals surface area contributed by atoms with Gasteiger partial charge in [-0.15, -0.1) is 0 Å². The number of hydrogen-bond acceptors (Lipinski definition) is 4. The minimum absolute atomic E-state index is 0.109. The number of aliphatic hydroxyl groups excluding tert-OH is 1. The van der Waals surface area contributed by atoms with Crippen LogP contribution in [-0.2, 0) is 14.9 Å². The number of β-amino-alcohol motifs (C(OH)–C–C–N with tert-alkyl or cyclic N) is 1. The third-order valence-electron chi connectivity index (χ3n) is 8.01. The number of anilines is 1. The van der Waals surface area contributed by atoms with Gasteiger partial charge in [0.15, 0.2) is 0 Å². The van der Waals surface area contributed by atoms with Gasteiger partial charge in [-0.25, -0.2) is 4.79 Å². The molecule has 0 unspecified atom stereocenters. The number of carbonyl (C=O) groups is 2. The van der Waals surface area contributed by atoms with Crippen LogP contribution in [-0.4, -0.2) is 46.3 Å². The van der Waals surface area contributed by atoms with E-state index < -0.39 is 23.8 Å². The van der Waals surface area contributed by atoms with Crippen molar-refractivity contribution in [3.63, 3.8) is 0 Å². The van der Waals surface area contributed by atoms with Gasteiger partial charge in [-0.3, -0.25) is 9.69 Å². The molecule has 2 N–H and O–H groups in total. The highest BCUT2D eigenvalue weighted by molar-refractivity contribution is 5.97. The molecule has 4 bridgehead atoms. The van der Waals surface area contributed by atoms with E-state index in [4.69, 9.17) is 4.74 Å². The summed E-state index contributed by atoms with van der Waals surface area (Å²) in [5, 5.41) is 13.0. The van der Waals surface area contributed by atoms with E-state index in [-0.39, 0.29) is 18.9 Å². The summed E-state index contributed by atoms with van der Waals surface area (Å²) in [6.07, 6.45) is 7.15. The SMILES string of the molecule is CC(C)(C)OC(=O)N1C[C@H](O)C[C@H]1C(=O)Nc1ccc(C23CC4CC(CC(C4)C2)C3)cc1. The number of nitrogens with zero attached hydrogens (tertiary/aromatic N) is 1. The van der Waals surface area contributed by atoms with Crippen molar-refractivity contribution < 1.29 is 19.4 Å². The van der Waals surface area contributed by atoms with E-state index in [9.17, 15) is 14.7 Å². The van der Waals surface area contributed by atoms with Crippen molar-refractivity contribution in [3.8, 4) is 0 Å². The second-order valence-electron chi connectivity index (χ2n) is 11.8. The molecular formula is C26H36N2O4. The first kappa shape index (κ1) is 21.7. The molecular weight excluding hydrogens is 404 g/mol. The van der Waals surface area contributed by atoms with Gasteiger partial charge in [0.25, 0.3) is 0 Å². The fourth-order valence-corrected chi connectivity index (χ4v) is 7.18. The van der Waals surface area contributed by atoms with Gasteiger partial charge in [0.2, 0.25) is 5.91 Å². The third-order valence-corrected chi connectivity index (χ3v) is 8.01. The molecule has 1 heterocycles. The molecule has 4 aliphatic carbocycles. The highest BCUT2D eigenvalue weighted by Gasteiger charge is 2.51. The minimum atomic E-state index is -0.734. The molecule has 32 heavy (non-hydrogen) atoms. The Kier molecular flexibility index (Phi) is 5.27. The Labute approximate surface area is 190 Å². The Bertz CT molecular complexity index is 853. The molecule has 174 valence electrons. The molecule has 6 heteroatoms. The summed E-state index contributed by atoms with van der Waals surface area (Å²) < 4.78 is 5.43. The first-order chi connectivity index (χ1) is 15.1. The molecule has 0 spiro atoms. The number of hydrogen-bond donors (Lipinski definition) is 2. The van der Waals surface area contributed by atoms with Crippen molar-refractivity contribution >= 4 is 17.7 Å². The molecule has 1 saturated heterocycles. The van der Waals surface area contributed by atoms with Gasteiger partial charge in [-0.05, 0) is 100 Å². The second kappa shape index (κ2) is 7.75. The van der Waals surface area contributed by atoms with Crippen LogP contribution >= 0.6 is 0 Å². The summed E-state index contributed by atoms with van der Waals surface area (Å²) >= 11 is 0. The van der Waals surface area contributed by atoms with E-state index in [1.165, 1.54) is 49.0 Å². The van der Waals surface area contributed by atoms with Crippen molar-refractivity contribution in [1.29, 1.82) is 0 Å².